The minimum Gasteiger partial charge on any atom is -0.386 e. The van der Waals surface area contributed by atoms with Crippen molar-refractivity contribution in [3.05, 3.63) is 35.2 Å². The molecule has 1 aliphatic heterocycles. The third-order valence-corrected chi connectivity index (χ3v) is 6.51. The molecule has 0 amide bonds. The predicted octanol–water partition coefficient (Wildman–Crippen LogP) is 2.52. The van der Waals surface area contributed by atoms with Crippen LogP contribution in [0.3, 0.4) is 0 Å². The molecule has 29 heavy (non-hydrogen) atoms. The normalized spacial score (nSPS) is 18.0. The monoisotopic (exact) mass is 417 g/mol. The molecule has 1 unspecified atom stereocenters. The van der Waals surface area contributed by atoms with Gasteiger partial charge in [-0.25, -0.2) is 0 Å². The maximum absolute atomic E-state index is 10.6. The van der Waals surface area contributed by atoms with Gasteiger partial charge in [-0.3, -0.25) is 4.99 Å². The van der Waals surface area contributed by atoms with Crippen molar-refractivity contribution in [3.8, 4) is 0 Å². The topological polar surface area (TPSA) is 63.1 Å². The lowest BCUT2D eigenvalue weighted by atomic mass is 10.2. The number of thiophene rings is 1. The highest BCUT2D eigenvalue weighted by atomic mass is 32.1. The van der Waals surface area contributed by atoms with Gasteiger partial charge in [0, 0.05) is 35.8 Å². The number of aliphatic imine (C=N–C) groups is 1. The van der Waals surface area contributed by atoms with Crippen LogP contribution in [0.5, 0.6) is 0 Å². The molecule has 0 spiro atoms. The average molecular weight is 418 g/mol. The Balaban J connectivity index is 1.45. The molecule has 2 aromatic rings. The average Bonchev–Trinajstić information content (AvgIpc) is 3.06. The van der Waals surface area contributed by atoms with Crippen molar-refractivity contribution in [2.45, 2.75) is 25.9 Å². The molecule has 1 aromatic heterocycles. The second-order valence-electron chi connectivity index (χ2n) is 7.70. The number of rotatable bonds is 8. The van der Waals surface area contributed by atoms with Gasteiger partial charge in [0.25, 0.3) is 0 Å². The van der Waals surface area contributed by atoms with E-state index in [-0.39, 0.29) is 0 Å². The lowest BCUT2D eigenvalue weighted by molar-refractivity contribution is 0.191. The van der Waals surface area contributed by atoms with Gasteiger partial charge in [-0.1, -0.05) is 18.2 Å². The van der Waals surface area contributed by atoms with E-state index in [4.69, 9.17) is 0 Å². The number of nitrogens with one attached hydrogen (secondary N) is 2. The fourth-order valence-electron chi connectivity index (χ4n) is 3.61. The SMILES string of the molecule is CCNC(=NCC(O)c1cc2ccccc2s1)NCCCN1CCCN(C)CC1. The number of aliphatic hydroxyl groups excluding tert-OH is 1. The summed E-state index contributed by atoms with van der Waals surface area (Å²) in [6.07, 6.45) is 1.77. The maximum Gasteiger partial charge on any atom is 0.191 e. The highest BCUT2D eigenvalue weighted by Crippen LogP contribution is 2.29. The molecule has 6 nitrogen and oxygen atoms in total. The quantitative estimate of drug-likeness (QED) is 0.350. The van der Waals surface area contributed by atoms with E-state index < -0.39 is 6.10 Å². The van der Waals surface area contributed by atoms with Crippen LogP contribution in [0.25, 0.3) is 10.1 Å². The van der Waals surface area contributed by atoms with Gasteiger partial charge in [-0.2, -0.15) is 0 Å². The van der Waals surface area contributed by atoms with Crippen molar-refractivity contribution in [2.24, 2.45) is 4.99 Å². The molecular weight excluding hydrogens is 382 g/mol. The molecule has 160 valence electrons. The molecule has 1 saturated heterocycles. The van der Waals surface area contributed by atoms with Gasteiger partial charge in [-0.15, -0.1) is 11.3 Å². The number of nitrogens with zero attached hydrogens (tertiary/aromatic N) is 3. The Morgan fingerprint density at radius 3 is 2.90 bits per heavy atom. The zero-order valence-electron chi connectivity index (χ0n) is 17.7. The fraction of sp³-hybridized carbons (Fsp3) is 0.591. The van der Waals surface area contributed by atoms with Crippen LogP contribution in [-0.4, -0.2) is 80.3 Å². The first-order valence-corrected chi connectivity index (χ1v) is 11.6. The van der Waals surface area contributed by atoms with Gasteiger partial charge in [0.15, 0.2) is 5.96 Å². The van der Waals surface area contributed by atoms with Crippen molar-refractivity contribution in [1.29, 1.82) is 0 Å². The summed E-state index contributed by atoms with van der Waals surface area (Å²) in [5, 5.41) is 18.4. The second kappa shape index (κ2) is 11.5. The number of hydrogen-bond donors (Lipinski definition) is 3. The van der Waals surface area contributed by atoms with Gasteiger partial charge < -0.3 is 25.5 Å². The number of likely N-dealkylation sites (N-methyl/N-ethyl adjacent to an activating group) is 1. The maximum atomic E-state index is 10.6. The van der Waals surface area contributed by atoms with Gasteiger partial charge in [0.05, 0.1) is 6.54 Å². The first-order chi connectivity index (χ1) is 14.2. The van der Waals surface area contributed by atoms with Gasteiger partial charge >= 0.3 is 0 Å². The first kappa shape index (κ1) is 22.0. The Labute approximate surface area is 178 Å². The van der Waals surface area contributed by atoms with Gasteiger partial charge in [0.1, 0.15) is 6.10 Å². The predicted molar refractivity (Wildman–Crippen MR) is 124 cm³/mol. The molecule has 0 bridgehead atoms. The summed E-state index contributed by atoms with van der Waals surface area (Å²) in [7, 11) is 2.21. The summed E-state index contributed by atoms with van der Waals surface area (Å²) in [4.78, 5) is 10.5. The van der Waals surface area contributed by atoms with E-state index in [0.29, 0.717) is 6.54 Å². The Kier molecular flexibility index (Phi) is 8.73. The minimum absolute atomic E-state index is 0.362. The van der Waals surface area contributed by atoms with Crippen LogP contribution in [0.4, 0.5) is 0 Å². The van der Waals surface area contributed by atoms with Crippen LogP contribution in [0.1, 0.15) is 30.7 Å². The zero-order chi connectivity index (χ0) is 20.5. The number of aliphatic hydroxyl groups is 1. The summed E-state index contributed by atoms with van der Waals surface area (Å²) in [5.74, 6) is 0.781. The van der Waals surface area contributed by atoms with Crippen LogP contribution in [0.2, 0.25) is 0 Å². The van der Waals surface area contributed by atoms with E-state index in [2.05, 4.69) is 57.6 Å². The van der Waals surface area contributed by atoms with E-state index in [0.717, 1.165) is 50.0 Å². The van der Waals surface area contributed by atoms with E-state index in [1.54, 1.807) is 11.3 Å². The van der Waals surface area contributed by atoms with Crippen LogP contribution in [0.15, 0.2) is 35.3 Å². The van der Waals surface area contributed by atoms with Gasteiger partial charge in [0.2, 0.25) is 0 Å². The molecule has 0 radical (unpaired) electrons. The van der Waals surface area contributed by atoms with E-state index >= 15 is 0 Å². The molecule has 2 heterocycles. The van der Waals surface area contributed by atoms with Crippen molar-refractivity contribution < 1.29 is 5.11 Å². The molecule has 3 rings (SSSR count). The van der Waals surface area contributed by atoms with Crippen LogP contribution < -0.4 is 10.6 Å². The van der Waals surface area contributed by atoms with E-state index in [1.165, 1.54) is 29.6 Å². The lowest BCUT2D eigenvalue weighted by Gasteiger charge is -2.20. The fourth-order valence-corrected chi connectivity index (χ4v) is 4.65. The highest BCUT2D eigenvalue weighted by molar-refractivity contribution is 7.19. The Morgan fingerprint density at radius 2 is 2.07 bits per heavy atom. The number of fused-ring (bicyclic) bond motifs is 1. The van der Waals surface area contributed by atoms with E-state index in [1.807, 2.05) is 12.1 Å². The number of benzene rings is 1. The molecule has 1 fully saturated rings. The Morgan fingerprint density at radius 1 is 1.21 bits per heavy atom. The number of hydrogen-bond acceptors (Lipinski definition) is 5. The Hall–Kier alpha value is -1.67. The summed E-state index contributed by atoms with van der Waals surface area (Å²) < 4.78 is 1.20. The van der Waals surface area contributed by atoms with Crippen molar-refractivity contribution in [1.82, 2.24) is 20.4 Å². The second-order valence-corrected chi connectivity index (χ2v) is 8.82. The third-order valence-electron chi connectivity index (χ3n) is 5.30. The molecule has 3 N–H and O–H groups in total. The van der Waals surface area contributed by atoms with Crippen LogP contribution in [0, 0.1) is 0 Å². The summed E-state index contributed by atoms with van der Waals surface area (Å²) in [5.41, 5.74) is 0. The summed E-state index contributed by atoms with van der Waals surface area (Å²) >= 11 is 1.64. The third kappa shape index (κ3) is 6.96. The molecular formula is C22H35N5OS. The zero-order valence-corrected chi connectivity index (χ0v) is 18.5. The highest BCUT2D eigenvalue weighted by Gasteiger charge is 2.13. The van der Waals surface area contributed by atoms with Crippen molar-refractivity contribution in [3.63, 3.8) is 0 Å². The molecule has 1 aromatic carbocycles. The largest absolute Gasteiger partial charge is 0.386 e. The van der Waals surface area contributed by atoms with Crippen LogP contribution >= 0.6 is 11.3 Å². The molecule has 1 aliphatic rings. The molecule has 0 aliphatic carbocycles. The molecule has 0 saturated carbocycles. The van der Waals surface area contributed by atoms with Crippen LogP contribution in [-0.2, 0) is 0 Å². The lowest BCUT2D eigenvalue weighted by Crippen LogP contribution is -2.39. The van der Waals surface area contributed by atoms with Crippen molar-refractivity contribution in [2.75, 3.05) is 59.4 Å². The van der Waals surface area contributed by atoms with E-state index in [9.17, 15) is 5.11 Å². The summed E-state index contributed by atoms with van der Waals surface area (Å²) in [6, 6.07) is 10.3. The van der Waals surface area contributed by atoms with Gasteiger partial charge in [-0.05, 0) is 64.0 Å². The standard InChI is InChI=1S/C22H35N5OS/c1-3-23-22(24-10-6-12-27-13-7-11-26(2)14-15-27)25-17-19(28)21-16-18-8-4-5-9-20(18)29-21/h4-5,8-9,16,19,28H,3,6-7,10-15,17H2,1-2H3,(H2,23,24,25). The molecule has 1 atom stereocenters. The Bertz CT molecular complexity index is 744. The smallest absolute Gasteiger partial charge is 0.191 e. The summed E-state index contributed by atoms with van der Waals surface area (Å²) in [6.45, 7) is 9.95. The minimum atomic E-state index is -0.572. The first-order valence-electron chi connectivity index (χ1n) is 10.8. The number of guanidine groups is 1. The molecule has 7 heteroatoms. The van der Waals surface area contributed by atoms with Crippen molar-refractivity contribution >= 4 is 27.4 Å².